The molecule has 16 heavy (non-hydrogen) atoms. The Morgan fingerprint density at radius 1 is 1.00 bits per heavy atom. The van der Waals surface area contributed by atoms with Gasteiger partial charge in [0.05, 0.1) is 6.07 Å². The highest BCUT2D eigenvalue weighted by Gasteiger charge is 2.26. The summed E-state index contributed by atoms with van der Waals surface area (Å²) >= 11 is 0. The summed E-state index contributed by atoms with van der Waals surface area (Å²) in [6.45, 7) is 4.92. The molecule has 0 aromatic heterocycles. The van der Waals surface area contributed by atoms with Crippen molar-refractivity contribution in [1.82, 2.24) is 9.80 Å². The molecule has 1 aliphatic carbocycles. The van der Waals surface area contributed by atoms with E-state index in [0.717, 1.165) is 18.9 Å². The van der Waals surface area contributed by atoms with Crippen molar-refractivity contribution in [2.24, 2.45) is 5.92 Å². The Morgan fingerprint density at radius 3 is 2.44 bits per heavy atom. The highest BCUT2D eigenvalue weighted by molar-refractivity contribution is 4.90. The summed E-state index contributed by atoms with van der Waals surface area (Å²) in [6.07, 6.45) is 6.01. The molecule has 2 fully saturated rings. The minimum absolute atomic E-state index is 0.339. The van der Waals surface area contributed by atoms with Crippen LogP contribution in [0.2, 0.25) is 0 Å². The molecule has 2 aliphatic rings. The Balaban J connectivity index is 1.82. The number of rotatable bonds is 1. The lowest BCUT2D eigenvalue weighted by Gasteiger charge is -2.34. The molecule has 0 unspecified atom stereocenters. The Bertz CT molecular complexity index is 250. The van der Waals surface area contributed by atoms with Crippen LogP contribution in [-0.4, -0.2) is 49.1 Å². The van der Waals surface area contributed by atoms with Gasteiger partial charge in [0, 0.05) is 25.0 Å². The van der Waals surface area contributed by atoms with E-state index in [0.29, 0.717) is 5.92 Å². The van der Waals surface area contributed by atoms with Crippen LogP contribution in [0.5, 0.6) is 0 Å². The van der Waals surface area contributed by atoms with Crippen LogP contribution in [-0.2, 0) is 0 Å². The van der Waals surface area contributed by atoms with E-state index < -0.39 is 0 Å². The first kappa shape index (κ1) is 11.9. The monoisotopic (exact) mass is 221 g/mol. The SMILES string of the molecule is CN1CCCN(C2CCC(C#N)CC2)CC1. The van der Waals surface area contributed by atoms with Crippen LogP contribution >= 0.6 is 0 Å². The first-order valence-corrected chi connectivity index (χ1v) is 6.62. The van der Waals surface area contributed by atoms with Gasteiger partial charge < -0.3 is 4.90 Å². The molecule has 0 amide bonds. The van der Waals surface area contributed by atoms with Crippen molar-refractivity contribution in [3.8, 4) is 6.07 Å². The van der Waals surface area contributed by atoms with Gasteiger partial charge in [0.1, 0.15) is 0 Å². The second-order valence-electron chi connectivity index (χ2n) is 5.33. The van der Waals surface area contributed by atoms with Gasteiger partial charge in [-0.25, -0.2) is 0 Å². The summed E-state index contributed by atoms with van der Waals surface area (Å²) in [5, 5.41) is 8.90. The van der Waals surface area contributed by atoms with Crippen molar-refractivity contribution in [1.29, 1.82) is 5.26 Å². The van der Waals surface area contributed by atoms with E-state index in [9.17, 15) is 0 Å². The van der Waals surface area contributed by atoms with Gasteiger partial charge in [-0.3, -0.25) is 4.90 Å². The van der Waals surface area contributed by atoms with Crippen LogP contribution in [0, 0.1) is 17.2 Å². The van der Waals surface area contributed by atoms with Crippen LogP contribution in [0.4, 0.5) is 0 Å². The molecular formula is C13H23N3. The van der Waals surface area contributed by atoms with Crippen molar-refractivity contribution in [2.75, 3.05) is 33.2 Å². The Hall–Kier alpha value is -0.590. The maximum Gasteiger partial charge on any atom is 0.0655 e. The fourth-order valence-electron chi connectivity index (χ4n) is 3.00. The lowest BCUT2D eigenvalue weighted by molar-refractivity contribution is 0.151. The molecule has 3 nitrogen and oxygen atoms in total. The predicted octanol–water partition coefficient (Wildman–Crippen LogP) is 1.71. The largest absolute Gasteiger partial charge is 0.305 e. The molecule has 0 bridgehead atoms. The molecule has 0 atom stereocenters. The van der Waals surface area contributed by atoms with Crippen molar-refractivity contribution in [2.45, 2.75) is 38.1 Å². The van der Waals surface area contributed by atoms with Crippen LogP contribution in [0.1, 0.15) is 32.1 Å². The summed E-state index contributed by atoms with van der Waals surface area (Å²) in [6, 6.07) is 3.18. The lowest BCUT2D eigenvalue weighted by Crippen LogP contribution is -2.40. The highest BCUT2D eigenvalue weighted by atomic mass is 15.2. The topological polar surface area (TPSA) is 30.3 Å². The van der Waals surface area contributed by atoms with Gasteiger partial charge in [0.25, 0.3) is 0 Å². The normalized spacial score (nSPS) is 34.2. The van der Waals surface area contributed by atoms with Crippen molar-refractivity contribution >= 4 is 0 Å². The molecule has 0 aromatic rings. The average Bonchev–Trinajstić information content (AvgIpc) is 2.54. The van der Waals surface area contributed by atoms with E-state index >= 15 is 0 Å². The predicted molar refractivity (Wildman–Crippen MR) is 65.0 cm³/mol. The average molecular weight is 221 g/mol. The summed E-state index contributed by atoms with van der Waals surface area (Å²) in [5.74, 6) is 0.339. The van der Waals surface area contributed by atoms with E-state index in [-0.39, 0.29) is 0 Å². The third-order valence-corrected chi connectivity index (χ3v) is 4.15. The van der Waals surface area contributed by atoms with Crippen molar-refractivity contribution in [3.63, 3.8) is 0 Å². The van der Waals surface area contributed by atoms with E-state index in [4.69, 9.17) is 5.26 Å². The standard InChI is InChI=1S/C13H23N3/c1-15-7-2-8-16(10-9-15)13-5-3-12(11-14)4-6-13/h12-13H,2-10H2,1H3. The highest BCUT2D eigenvalue weighted by Crippen LogP contribution is 2.27. The minimum atomic E-state index is 0.339. The molecule has 0 aromatic carbocycles. The fourth-order valence-corrected chi connectivity index (χ4v) is 3.00. The molecule has 0 radical (unpaired) electrons. The summed E-state index contributed by atoms with van der Waals surface area (Å²) in [7, 11) is 2.22. The maximum absolute atomic E-state index is 8.90. The van der Waals surface area contributed by atoms with Gasteiger partial charge in [-0.15, -0.1) is 0 Å². The molecule has 1 aliphatic heterocycles. The minimum Gasteiger partial charge on any atom is -0.305 e. The molecular weight excluding hydrogens is 198 g/mol. The van der Waals surface area contributed by atoms with Gasteiger partial charge in [-0.1, -0.05) is 0 Å². The lowest BCUT2D eigenvalue weighted by atomic mass is 9.86. The van der Waals surface area contributed by atoms with Crippen LogP contribution < -0.4 is 0 Å². The molecule has 1 heterocycles. The zero-order valence-electron chi connectivity index (χ0n) is 10.4. The van der Waals surface area contributed by atoms with Crippen molar-refractivity contribution < 1.29 is 0 Å². The van der Waals surface area contributed by atoms with Gasteiger partial charge in [0.15, 0.2) is 0 Å². The third kappa shape index (κ3) is 2.96. The zero-order chi connectivity index (χ0) is 11.4. The molecule has 0 spiro atoms. The van der Waals surface area contributed by atoms with E-state index in [1.165, 1.54) is 45.4 Å². The number of nitriles is 1. The molecule has 1 saturated heterocycles. The second-order valence-corrected chi connectivity index (χ2v) is 5.33. The maximum atomic E-state index is 8.90. The van der Waals surface area contributed by atoms with Crippen LogP contribution in [0.15, 0.2) is 0 Å². The van der Waals surface area contributed by atoms with Gasteiger partial charge in [0.2, 0.25) is 0 Å². The third-order valence-electron chi connectivity index (χ3n) is 4.15. The Morgan fingerprint density at radius 2 is 1.75 bits per heavy atom. The summed E-state index contributed by atoms with van der Waals surface area (Å²) < 4.78 is 0. The van der Waals surface area contributed by atoms with Gasteiger partial charge in [-0.2, -0.15) is 5.26 Å². The summed E-state index contributed by atoms with van der Waals surface area (Å²) in [5.41, 5.74) is 0. The van der Waals surface area contributed by atoms with E-state index in [1.54, 1.807) is 0 Å². The van der Waals surface area contributed by atoms with Crippen molar-refractivity contribution in [3.05, 3.63) is 0 Å². The molecule has 0 N–H and O–H groups in total. The van der Waals surface area contributed by atoms with Gasteiger partial charge >= 0.3 is 0 Å². The quantitative estimate of drug-likeness (QED) is 0.675. The molecule has 2 rings (SSSR count). The first-order valence-electron chi connectivity index (χ1n) is 6.62. The van der Waals surface area contributed by atoms with E-state index in [2.05, 4.69) is 22.9 Å². The van der Waals surface area contributed by atoms with E-state index in [1.807, 2.05) is 0 Å². The smallest absolute Gasteiger partial charge is 0.0655 e. The Labute approximate surface area is 99.0 Å². The van der Waals surface area contributed by atoms with Crippen LogP contribution in [0.25, 0.3) is 0 Å². The molecule has 90 valence electrons. The number of likely N-dealkylation sites (N-methyl/N-ethyl adjacent to an activating group) is 1. The molecule has 1 saturated carbocycles. The second kappa shape index (κ2) is 5.65. The first-order chi connectivity index (χ1) is 7.79. The number of hydrogen-bond donors (Lipinski definition) is 0. The number of nitrogens with zero attached hydrogens (tertiary/aromatic N) is 3. The fraction of sp³-hybridized carbons (Fsp3) is 0.923. The van der Waals surface area contributed by atoms with Gasteiger partial charge in [-0.05, 0) is 52.2 Å². The zero-order valence-corrected chi connectivity index (χ0v) is 10.4. The van der Waals surface area contributed by atoms with Crippen LogP contribution in [0.3, 0.4) is 0 Å². The Kier molecular flexibility index (Phi) is 4.20. The summed E-state index contributed by atoms with van der Waals surface area (Å²) in [4.78, 5) is 5.10. The molecule has 3 heteroatoms. The number of hydrogen-bond acceptors (Lipinski definition) is 3.